The third-order valence-corrected chi connectivity index (χ3v) is 5.30. The minimum Gasteiger partial charge on any atom is -0.494 e. The first-order valence-electron chi connectivity index (χ1n) is 10.3. The van der Waals surface area contributed by atoms with E-state index in [0.29, 0.717) is 37.0 Å². The summed E-state index contributed by atoms with van der Waals surface area (Å²) in [5.41, 5.74) is 4.41. The van der Waals surface area contributed by atoms with Gasteiger partial charge in [0.15, 0.2) is 0 Å². The van der Waals surface area contributed by atoms with E-state index in [1.54, 1.807) is 0 Å². The summed E-state index contributed by atoms with van der Waals surface area (Å²) >= 11 is 5.40. The Morgan fingerprint density at radius 3 is 2.33 bits per heavy atom. The molecular weight excluding hydrogens is 396 g/mol. The molecule has 158 valence electrons. The average molecular weight is 425 g/mol. The van der Waals surface area contributed by atoms with Crippen LogP contribution in [0.2, 0.25) is 0 Å². The zero-order valence-corrected chi connectivity index (χ0v) is 19.0. The molecule has 0 radical (unpaired) electrons. The summed E-state index contributed by atoms with van der Waals surface area (Å²) in [6.45, 7) is 11.4. The molecule has 0 aliphatic carbocycles. The van der Waals surface area contributed by atoms with E-state index < -0.39 is 0 Å². The Labute approximate surface area is 183 Å². The van der Waals surface area contributed by atoms with Gasteiger partial charge < -0.3 is 9.47 Å². The van der Waals surface area contributed by atoms with Gasteiger partial charge in [0, 0.05) is 6.42 Å². The molecule has 3 rings (SSSR count). The van der Waals surface area contributed by atoms with Gasteiger partial charge in [-0.25, -0.2) is 4.99 Å². The van der Waals surface area contributed by atoms with E-state index in [4.69, 9.17) is 21.7 Å². The molecule has 1 aliphatic heterocycles. The number of hydrogen-bond donors (Lipinski definition) is 0. The van der Waals surface area contributed by atoms with Gasteiger partial charge in [0.2, 0.25) is 5.11 Å². The first kappa shape index (κ1) is 22.0. The first-order chi connectivity index (χ1) is 14.3. The Balaban J connectivity index is 1.84. The van der Waals surface area contributed by atoms with Crippen molar-refractivity contribution in [3.8, 4) is 11.5 Å². The molecule has 0 saturated carbocycles. The van der Waals surface area contributed by atoms with Crippen molar-refractivity contribution in [1.82, 2.24) is 0 Å². The van der Waals surface area contributed by atoms with Crippen LogP contribution in [0.1, 0.15) is 50.3 Å². The summed E-state index contributed by atoms with van der Waals surface area (Å²) in [6, 6.07) is 11.5. The Kier molecular flexibility index (Phi) is 6.87. The Hall–Kier alpha value is -2.73. The normalized spacial score (nSPS) is 13.8. The van der Waals surface area contributed by atoms with E-state index in [9.17, 15) is 4.79 Å². The number of aliphatic imine (C=N–C) groups is 1. The van der Waals surface area contributed by atoms with Gasteiger partial charge >= 0.3 is 0 Å². The maximum atomic E-state index is 13.1. The molecule has 0 N–H and O–H groups in total. The summed E-state index contributed by atoms with van der Waals surface area (Å²) in [6.07, 6.45) is 0.435. The summed E-state index contributed by atoms with van der Waals surface area (Å²) in [7, 11) is 0. The number of ether oxygens (including phenoxy) is 2. The highest BCUT2D eigenvalue weighted by atomic mass is 32.1. The van der Waals surface area contributed by atoms with E-state index in [1.165, 1.54) is 4.90 Å². The van der Waals surface area contributed by atoms with Crippen molar-refractivity contribution in [2.75, 3.05) is 18.1 Å². The van der Waals surface area contributed by atoms with Crippen molar-refractivity contribution < 1.29 is 14.3 Å². The molecule has 30 heavy (non-hydrogen) atoms. The lowest BCUT2D eigenvalue weighted by atomic mass is 9.94. The van der Waals surface area contributed by atoms with E-state index >= 15 is 0 Å². The number of nitrogens with zero attached hydrogens (tertiary/aromatic N) is 2. The van der Waals surface area contributed by atoms with Crippen molar-refractivity contribution in [1.29, 1.82) is 0 Å². The molecule has 0 saturated heterocycles. The second-order valence-corrected chi connectivity index (χ2v) is 7.85. The van der Waals surface area contributed by atoms with E-state index in [-0.39, 0.29) is 11.0 Å². The van der Waals surface area contributed by atoms with E-state index in [2.05, 4.69) is 31.0 Å². The molecule has 1 heterocycles. The summed E-state index contributed by atoms with van der Waals surface area (Å²) in [4.78, 5) is 19.0. The Morgan fingerprint density at radius 2 is 1.73 bits per heavy atom. The third-order valence-electron chi connectivity index (χ3n) is 5.03. The van der Waals surface area contributed by atoms with Gasteiger partial charge in [-0.1, -0.05) is 19.9 Å². The molecule has 0 fully saturated rings. The van der Waals surface area contributed by atoms with Crippen molar-refractivity contribution in [2.24, 2.45) is 4.99 Å². The molecule has 6 heteroatoms. The van der Waals surface area contributed by atoms with Crippen LogP contribution in [0.4, 0.5) is 5.69 Å². The van der Waals surface area contributed by atoms with Crippen LogP contribution in [0.15, 0.2) is 41.4 Å². The van der Waals surface area contributed by atoms with Gasteiger partial charge in [0.1, 0.15) is 17.2 Å². The third kappa shape index (κ3) is 4.54. The lowest BCUT2D eigenvalue weighted by Crippen LogP contribution is -2.33. The molecule has 2 aromatic rings. The fraction of sp³-hybridized carbons (Fsp3) is 0.375. The lowest BCUT2D eigenvalue weighted by Gasteiger charge is -2.18. The summed E-state index contributed by atoms with van der Waals surface area (Å²) in [5, 5.41) is 0.270. The first-order valence-corrected chi connectivity index (χ1v) is 10.7. The zero-order valence-electron chi connectivity index (χ0n) is 18.2. The smallest absolute Gasteiger partial charge is 0.279 e. The Morgan fingerprint density at radius 1 is 1.07 bits per heavy atom. The molecule has 0 unspecified atom stereocenters. The number of amides is 1. The van der Waals surface area contributed by atoms with Gasteiger partial charge in [-0.3, -0.25) is 9.69 Å². The fourth-order valence-corrected chi connectivity index (χ4v) is 3.78. The predicted octanol–water partition coefficient (Wildman–Crippen LogP) is 5.23. The highest BCUT2D eigenvalue weighted by molar-refractivity contribution is 7.80. The Bertz CT molecular complexity index is 981. The number of hydrogen-bond acceptors (Lipinski definition) is 4. The van der Waals surface area contributed by atoms with Crippen molar-refractivity contribution in [3.05, 3.63) is 53.1 Å². The molecule has 0 aromatic heterocycles. The number of rotatable bonds is 8. The maximum Gasteiger partial charge on any atom is 0.279 e. The van der Waals surface area contributed by atoms with Gasteiger partial charge in [-0.15, -0.1) is 0 Å². The number of carbonyl (C=O) groups is 1. The second kappa shape index (κ2) is 9.39. The monoisotopic (exact) mass is 424 g/mol. The van der Waals surface area contributed by atoms with Crippen molar-refractivity contribution in [3.63, 3.8) is 0 Å². The molecule has 0 atom stereocenters. The SMILES string of the molecule is CCOc1ccc(N2C(=O)C(Cc3cc(C(C)C)c(OCC)cc3C)=NC2=S)cc1. The van der Waals surface area contributed by atoms with Crippen LogP contribution >= 0.6 is 12.2 Å². The number of benzene rings is 2. The number of carbonyl (C=O) groups excluding carboxylic acids is 1. The standard InChI is InChI=1S/C24H28N2O3S/c1-6-28-19-10-8-18(9-11-19)26-23(27)21(25-24(26)30)14-17-13-20(15(3)4)22(29-7-2)12-16(17)5/h8-13,15H,6-7,14H2,1-5H3. The predicted molar refractivity (Wildman–Crippen MR) is 125 cm³/mol. The largest absolute Gasteiger partial charge is 0.494 e. The van der Waals surface area contributed by atoms with Crippen LogP contribution in [0, 0.1) is 6.92 Å². The van der Waals surface area contributed by atoms with Gasteiger partial charge in [-0.2, -0.15) is 0 Å². The van der Waals surface area contributed by atoms with E-state index in [1.807, 2.05) is 45.0 Å². The zero-order chi connectivity index (χ0) is 21.8. The summed E-state index contributed by atoms with van der Waals surface area (Å²) < 4.78 is 11.3. The van der Waals surface area contributed by atoms with Crippen LogP contribution in [0.25, 0.3) is 0 Å². The highest BCUT2D eigenvalue weighted by Gasteiger charge is 2.32. The lowest BCUT2D eigenvalue weighted by molar-refractivity contribution is -0.111. The highest BCUT2D eigenvalue weighted by Crippen LogP contribution is 2.31. The average Bonchev–Trinajstić information content (AvgIpc) is 2.98. The topological polar surface area (TPSA) is 51.1 Å². The molecular formula is C24H28N2O3S. The molecule has 1 amide bonds. The number of anilines is 1. The van der Waals surface area contributed by atoms with Crippen LogP contribution in [-0.4, -0.2) is 29.9 Å². The van der Waals surface area contributed by atoms with E-state index in [0.717, 1.165) is 28.2 Å². The van der Waals surface area contributed by atoms with Crippen LogP contribution in [0.5, 0.6) is 11.5 Å². The van der Waals surface area contributed by atoms with Crippen LogP contribution in [0.3, 0.4) is 0 Å². The maximum absolute atomic E-state index is 13.1. The summed E-state index contributed by atoms with van der Waals surface area (Å²) in [5.74, 6) is 1.79. The van der Waals surface area contributed by atoms with Crippen LogP contribution < -0.4 is 14.4 Å². The minimum atomic E-state index is -0.177. The van der Waals surface area contributed by atoms with Gasteiger partial charge in [0.25, 0.3) is 5.91 Å². The van der Waals surface area contributed by atoms with Crippen molar-refractivity contribution >= 4 is 34.6 Å². The molecule has 0 spiro atoms. The van der Waals surface area contributed by atoms with Gasteiger partial charge in [0.05, 0.1) is 18.9 Å². The molecule has 2 aromatic carbocycles. The number of aryl methyl sites for hydroxylation is 1. The molecule has 5 nitrogen and oxygen atoms in total. The second-order valence-electron chi connectivity index (χ2n) is 7.49. The van der Waals surface area contributed by atoms with Gasteiger partial charge in [-0.05, 0) is 85.9 Å². The molecule has 0 bridgehead atoms. The van der Waals surface area contributed by atoms with Crippen LogP contribution in [-0.2, 0) is 11.2 Å². The van der Waals surface area contributed by atoms with Crippen molar-refractivity contribution in [2.45, 2.75) is 47.0 Å². The molecule has 1 aliphatic rings. The fourth-order valence-electron chi connectivity index (χ4n) is 3.48. The quantitative estimate of drug-likeness (QED) is 0.545. The minimum absolute atomic E-state index is 0.177. The number of thiocarbonyl (C=S) groups is 1.